The van der Waals surface area contributed by atoms with E-state index in [2.05, 4.69) is 49.7 Å². The second kappa shape index (κ2) is 11.6. The van der Waals surface area contributed by atoms with Gasteiger partial charge >= 0.3 is 14.5 Å². The number of benzene rings is 3. The fraction of sp³-hybridized carbons (Fsp3) is 0.321. The fourth-order valence-electron chi connectivity index (χ4n) is 4.08. The Balaban J connectivity index is 1.69. The first-order chi connectivity index (χ1) is 16.6. The zero-order valence-electron chi connectivity index (χ0n) is 20.0. The maximum absolute atomic E-state index is 13.1. The van der Waals surface area contributed by atoms with Crippen molar-refractivity contribution in [1.82, 2.24) is 4.67 Å². The highest BCUT2D eigenvalue weighted by molar-refractivity contribution is 7.45. The van der Waals surface area contributed by atoms with Gasteiger partial charge in [-0.2, -0.15) is 0 Å². The van der Waals surface area contributed by atoms with Gasteiger partial charge in [0.2, 0.25) is 0 Å². The van der Waals surface area contributed by atoms with Crippen LogP contribution in [0.5, 0.6) is 5.75 Å². The smallest absolute Gasteiger partial charge is 0.340 e. The van der Waals surface area contributed by atoms with Gasteiger partial charge in [0.05, 0.1) is 6.61 Å². The van der Waals surface area contributed by atoms with Gasteiger partial charge in [-0.1, -0.05) is 92.2 Å². The lowest BCUT2D eigenvalue weighted by Gasteiger charge is -2.41. The van der Waals surface area contributed by atoms with Gasteiger partial charge in [-0.15, -0.1) is 0 Å². The molecule has 0 radical (unpaired) electrons. The van der Waals surface area contributed by atoms with Crippen LogP contribution in [0.15, 0.2) is 84.9 Å². The Morgan fingerprint density at radius 2 is 1.47 bits per heavy atom. The largest absolute Gasteiger partial charge is 0.463 e. The Bertz CT molecular complexity index is 1020. The van der Waals surface area contributed by atoms with Crippen molar-refractivity contribution in [3.8, 4) is 5.75 Å². The monoisotopic (exact) mass is 477 g/mol. The SMILES string of the molecule is CCCCOC(=O)[C@H]1OP(N([C@@H](C)c2ccccc2)[C@@H](C)c2ccccc2)Oc2ccccc21. The predicted molar refractivity (Wildman–Crippen MR) is 135 cm³/mol. The number of rotatable bonds is 9. The summed E-state index contributed by atoms with van der Waals surface area (Å²) < 4.78 is 20.7. The summed E-state index contributed by atoms with van der Waals surface area (Å²) in [7, 11) is -1.61. The third-order valence-electron chi connectivity index (χ3n) is 6.08. The molecule has 0 N–H and O–H groups in total. The molecule has 3 aromatic rings. The van der Waals surface area contributed by atoms with Gasteiger partial charge in [-0.25, -0.2) is 9.46 Å². The molecule has 0 amide bonds. The van der Waals surface area contributed by atoms with Crippen molar-refractivity contribution in [2.45, 2.75) is 51.8 Å². The topological polar surface area (TPSA) is 48.0 Å². The van der Waals surface area contributed by atoms with Crippen molar-refractivity contribution in [2.24, 2.45) is 0 Å². The molecule has 0 saturated carbocycles. The second-order valence-electron chi connectivity index (χ2n) is 8.43. The molecule has 1 aliphatic rings. The summed E-state index contributed by atoms with van der Waals surface area (Å²) >= 11 is 0. The molecule has 0 bridgehead atoms. The lowest BCUT2D eigenvalue weighted by Crippen LogP contribution is -2.32. The normalized spacial score (nSPS) is 19.1. The number of para-hydroxylation sites is 1. The molecule has 3 aromatic carbocycles. The van der Waals surface area contributed by atoms with E-state index in [4.69, 9.17) is 13.8 Å². The summed E-state index contributed by atoms with van der Waals surface area (Å²) in [6, 6.07) is 28.2. The van der Waals surface area contributed by atoms with Gasteiger partial charge in [-0.05, 0) is 37.5 Å². The van der Waals surface area contributed by atoms with Crippen molar-refractivity contribution in [3.05, 3.63) is 102 Å². The molecule has 0 saturated heterocycles. The summed E-state index contributed by atoms with van der Waals surface area (Å²) in [5.74, 6) is 0.305. The van der Waals surface area contributed by atoms with Crippen LogP contribution < -0.4 is 4.52 Å². The average Bonchev–Trinajstić information content (AvgIpc) is 2.89. The van der Waals surface area contributed by atoms with Gasteiger partial charge in [0.15, 0.2) is 6.10 Å². The van der Waals surface area contributed by atoms with Crippen LogP contribution in [0.4, 0.5) is 0 Å². The number of carbonyl (C=O) groups is 1. The van der Waals surface area contributed by atoms with E-state index < -0.39 is 14.6 Å². The second-order valence-corrected chi connectivity index (χ2v) is 9.76. The van der Waals surface area contributed by atoms with Gasteiger partial charge in [0.1, 0.15) is 5.75 Å². The van der Waals surface area contributed by atoms with Crippen LogP contribution in [0.25, 0.3) is 0 Å². The van der Waals surface area contributed by atoms with Crippen LogP contribution in [-0.4, -0.2) is 17.2 Å². The third-order valence-corrected chi connectivity index (χ3v) is 7.89. The minimum atomic E-state index is -1.61. The van der Waals surface area contributed by atoms with Gasteiger partial charge in [0, 0.05) is 17.6 Å². The summed E-state index contributed by atoms with van der Waals surface area (Å²) in [6.45, 7) is 6.76. The average molecular weight is 478 g/mol. The van der Waals surface area contributed by atoms with Crippen LogP contribution in [0, 0.1) is 0 Å². The van der Waals surface area contributed by atoms with E-state index in [1.54, 1.807) is 0 Å². The molecule has 6 heteroatoms. The molecule has 0 spiro atoms. The number of hydrogen-bond acceptors (Lipinski definition) is 5. The summed E-state index contributed by atoms with van der Waals surface area (Å²) in [6.07, 6.45) is 0.969. The number of esters is 1. The highest BCUT2D eigenvalue weighted by Gasteiger charge is 2.42. The van der Waals surface area contributed by atoms with E-state index in [0.717, 1.165) is 24.0 Å². The summed E-state index contributed by atoms with van der Waals surface area (Å²) in [4.78, 5) is 13.1. The van der Waals surface area contributed by atoms with Crippen molar-refractivity contribution in [2.75, 3.05) is 6.61 Å². The maximum atomic E-state index is 13.1. The Morgan fingerprint density at radius 1 is 0.912 bits per heavy atom. The molecule has 0 fully saturated rings. The first-order valence-electron chi connectivity index (χ1n) is 11.9. The number of unbranched alkanes of at least 4 members (excludes halogenated alkanes) is 1. The van der Waals surface area contributed by atoms with E-state index in [1.807, 2.05) is 60.7 Å². The molecule has 1 unspecified atom stereocenters. The Labute approximate surface area is 203 Å². The molecular weight excluding hydrogens is 445 g/mol. The first kappa shape index (κ1) is 24.4. The van der Waals surface area contributed by atoms with Crippen molar-refractivity contribution in [1.29, 1.82) is 0 Å². The third kappa shape index (κ3) is 5.50. The maximum Gasteiger partial charge on any atom is 0.340 e. The minimum Gasteiger partial charge on any atom is -0.463 e. The number of carbonyl (C=O) groups excluding carboxylic acids is 1. The van der Waals surface area contributed by atoms with Crippen molar-refractivity contribution >= 4 is 14.5 Å². The van der Waals surface area contributed by atoms with Crippen molar-refractivity contribution in [3.63, 3.8) is 0 Å². The molecule has 1 heterocycles. The number of fused-ring (bicyclic) bond motifs is 1. The van der Waals surface area contributed by atoms with E-state index in [1.165, 1.54) is 0 Å². The molecular formula is C28H32NO4P. The fourth-order valence-corrected chi connectivity index (χ4v) is 5.88. The number of nitrogens with zero attached hydrogens (tertiary/aromatic N) is 1. The highest BCUT2D eigenvalue weighted by atomic mass is 31.2. The Hall–Kier alpha value is -2.72. The standard InChI is InChI=1S/C28H32NO4P/c1-4-5-20-31-28(30)27-25-18-12-13-19-26(25)32-34(33-27)29(21(2)23-14-8-6-9-15-23)22(3)24-16-10-7-11-17-24/h6-19,21-22,27H,4-5,20H2,1-3H3/t21-,22-,27-,34?/m0/s1. The van der Waals surface area contributed by atoms with Gasteiger partial charge < -0.3 is 9.26 Å². The first-order valence-corrected chi connectivity index (χ1v) is 13.0. The van der Waals surface area contributed by atoms with Crippen LogP contribution in [-0.2, 0) is 14.1 Å². The molecule has 1 aliphatic heterocycles. The molecule has 4 atom stereocenters. The predicted octanol–water partition coefficient (Wildman–Crippen LogP) is 7.53. The van der Waals surface area contributed by atoms with Gasteiger partial charge in [-0.3, -0.25) is 4.52 Å². The van der Waals surface area contributed by atoms with E-state index in [-0.39, 0.29) is 18.1 Å². The van der Waals surface area contributed by atoms with E-state index >= 15 is 0 Å². The lowest BCUT2D eigenvalue weighted by atomic mass is 10.0. The molecule has 34 heavy (non-hydrogen) atoms. The van der Waals surface area contributed by atoms with E-state index in [9.17, 15) is 4.79 Å². The Morgan fingerprint density at radius 3 is 2.06 bits per heavy atom. The van der Waals surface area contributed by atoms with Gasteiger partial charge in [0.25, 0.3) is 0 Å². The summed E-state index contributed by atoms with van der Waals surface area (Å²) in [5, 5.41) is 0. The molecule has 5 nitrogen and oxygen atoms in total. The van der Waals surface area contributed by atoms with Crippen LogP contribution in [0.1, 0.15) is 68.5 Å². The highest BCUT2D eigenvalue weighted by Crippen LogP contribution is 2.59. The lowest BCUT2D eigenvalue weighted by molar-refractivity contribution is -0.153. The zero-order chi connectivity index (χ0) is 23.9. The zero-order valence-corrected chi connectivity index (χ0v) is 20.9. The number of ether oxygens (including phenoxy) is 1. The van der Waals surface area contributed by atoms with Crippen LogP contribution in [0.3, 0.4) is 0 Å². The molecule has 0 aliphatic carbocycles. The van der Waals surface area contributed by atoms with Crippen molar-refractivity contribution < 1.29 is 18.6 Å². The molecule has 4 rings (SSSR count). The van der Waals surface area contributed by atoms with E-state index in [0.29, 0.717) is 17.9 Å². The van der Waals surface area contributed by atoms with Crippen LogP contribution >= 0.6 is 8.53 Å². The number of hydrogen-bond donors (Lipinski definition) is 0. The van der Waals surface area contributed by atoms with Crippen LogP contribution in [0.2, 0.25) is 0 Å². The molecule has 178 valence electrons. The molecule has 0 aromatic heterocycles. The Kier molecular flexibility index (Phi) is 8.34. The minimum absolute atomic E-state index is 0.00968. The quantitative estimate of drug-likeness (QED) is 0.181. The summed E-state index contributed by atoms with van der Waals surface area (Å²) in [5.41, 5.74) is 3.02.